The van der Waals surface area contributed by atoms with Crippen LogP contribution >= 0.6 is 15.9 Å². The Balaban J connectivity index is 2.99. The summed E-state index contributed by atoms with van der Waals surface area (Å²) in [7, 11) is -1.38. The third kappa shape index (κ3) is 16.5. The molecule has 104 valence electrons. The molecule has 0 saturated carbocycles. The molecule has 0 N–H and O–H groups in total. The fraction of sp³-hybridized carbons (Fsp3) is 1.00. The van der Waals surface area contributed by atoms with Gasteiger partial charge in [0.25, 0.3) is 0 Å². The van der Waals surface area contributed by atoms with Gasteiger partial charge in [-0.15, -0.1) is 0 Å². The Labute approximate surface area is 114 Å². The van der Waals surface area contributed by atoms with E-state index in [0.29, 0.717) is 39.6 Å². The van der Waals surface area contributed by atoms with E-state index in [0.717, 1.165) is 11.9 Å². The Morgan fingerprint density at radius 3 is 1.53 bits per heavy atom. The number of rotatable bonds is 12. The summed E-state index contributed by atoms with van der Waals surface area (Å²) in [5, 5.41) is 0.868. The van der Waals surface area contributed by atoms with Gasteiger partial charge in [0.15, 0.2) is 8.32 Å². The number of hydrogen-bond acceptors (Lipinski definition) is 4. The van der Waals surface area contributed by atoms with Crippen molar-refractivity contribution in [2.24, 2.45) is 0 Å². The third-order valence-corrected chi connectivity index (χ3v) is 3.12. The van der Waals surface area contributed by atoms with Gasteiger partial charge in [-0.05, 0) is 19.6 Å². The molecular formula is C11H25BrO4Si. The Morgan fingerprint density at radius 2 is 1.12 bits per heavy atom. The summed E-state index contributed by atoms with van der Waals surface area (Å²) in [6.45, 7) is 11.1. The second kappa shape index (κ2) is 11.6. The zero-order valence-corrected chi connectivity index (χ0v) is 13.8. The van der Waals surface area contributed by atoms with Crippen LogP contribution < -0.4 is 0 Å². The molecule has 0 aliphatic rings. The van der Waals surface area contributed by atoms with Crippen LogP contribution in [-0.4, -0.2) is 59.9 Å². The van der Waals surface area contributed by atoms with Crippen molar-refractivity contribution in [3.05, 3.63) is 0 Å². The molecule has 0 heterocycles. The second-order valence-electron chi connectivity index (χ2n) is 4.49. The molecule has 0 bridgehead atoms. The highest BCUT2D eigenvalue weighted by Crippen LogP contribution is 2.01. The molecule has 0 aliphatic heterocycles. The number of ether oxygens (including phenoxy) is 3. The molecule has 0 aliphatic carbocycles. The fourth-order valence-electron chi connectivity index (χ4n) is 1.00. The van der Waals surface area contributed by atoms with Crippen LogP contribution in [0.25, 0.3) is 0 Å². The lowest BCUT2D eigenvalue weighted by Crippen LogP contribution is -2.27. The van der Waals surface area contributed by atoms with E-state index >= 15 is 0 Å². The molecule has 0 radical (unpaired) electrons. The quantitative estimate of drug-likeness (QED) is 0.313. The summed E-state index contributed by atoms with van der Waals surface area (Å²) in [5.74, 6) is 0. The molecule has 0 fully saturated rings. The normalized spacial score (nSPS) is 12.0. The van der Waals surface area contributed by atoms with Crippen molar-refractivity contribution in [2.75, 3.05) is 51.6 Å². The molecule has 0 unspecified atom stereocenters. The van der Waals surface area contributed by atoms with Crippen LogP contribution in [0.5, 0.6) is 0 Å². The molecule has 0 aromatic heterocycles. The predicted molar refractivity (Wildman–Crippen MR) is 75.5 cm³/mol. The maximum absolute atomic E-state index is 5.65. The van der Waals surface area contributed by atoms with Crippen molar-refractivity contribution >= 4 is 24.2 Å². The molecule has 0 aromatic rings. The average molecular weight is 329 g/mol. The fourth-order valence-corrected chi connectivity index (χ4v) is 1.93. The molecule has 0 aromatic carbocycles. The van der Waals surface area contributed by atoms with Crippen molar-refractivity contribution in [3.8, 4) is 0 Å². The predicted octanol–water partition coefficient (Wildman–Crippen LogP) is 2.28. The minimum atomic E-state index is -1.38. The summed E-state index contributed by atoms with van der Waals surface area (Å²) in [6, 6.07) is 0. The highest BCUT2D eigenvalue weighted by atomic mass is 79.9. The number of hydrogen-bond donors (Lipinski definition) is 0. The van der Waals surface area contributed by atoms with Crippen molar-refractivity contribution < 1.29 is 18.6 Å². The van der Waals surface area contributed by atoms with Crippen LogP contribution in [-0.2, 0) is 18.6 Å². The Bertz CT molecular complexity index is 164. The minimum Gasteiger partial charge on any atom is -0.415 e. The van der Waals surface area contributed by atoms with Crippen LogP contribution in [0.15, 0.2) is 0 Å². The van der Waals surface area contributed by atoms with Gasteiger partial charge in [-0.2, -0.15) is 0 Å². The summed E-state index contributed by atoms with van der Waals surface area (Å²) in [5.41, 5.74) is 0. The van der Waals surface area contributed by atoms with E-state index in [1.165, 1.54) is 0 Å². The van der Waals surface area contributed by atoms with Gasteiger partial charge in [0.2, 0.25) is 0 Å². The Hall–Kier alpha value is 0.537. The largest absolute Gasteiger partial charge is 0.415 e. The molecular weight excluding hydrogens is 304 g/mol. The maximum Gasteiger partial charge on any atom is 0.183 e. The monoisotopic (exact) mass is 328 g/mol. The zero-order valence-electron chi connectivity index (χ0n) is 11.2. The molecule has 6 heteroatoms. The topological polar surface area (TPSA) is 36.9 Å². The van der Waals surface area contributed by atoms with Gasteiger partial charge in [-0.25, -0.2) is 0 Å². The lowest BCUT2D eigenvalue weighted by Gasteiger charge is -2.16. The molecule has 0 spiro atoms. The van der Waals surface area contributed by atoms with Crippen molar-refractivity contribution in [1.29, 1.82) is 0 Å². The average Bonchev–Trinajstić information content (AvgIpc) is 2.24. The summed E-state index contributed by atoms with van der Waals surface area (Å²) in [6.07, 6.45) is 0. The van der Waals surface area contributed by atoms with Crippen LogP contribution in [0, 0.1) is 0 Å². The highest BCUT2D eigenvalue weighted by Gasteiger charge is 2.12. The Morgan fingerprint density at radius 1 is 0.706 bits per heavy atom. The molecule has 17 heavy (non-hydrogen) atoms. The van der Waals surface area contributed by atoms with E-state index in [4.69, 9.17) is 18.6 Å². The smallest absolute Gasteiger partial charge is 0.183 e. The second-order valence-corrected chi connectivity index (χ2v) is 9.79. The molecule has 4 nitrogen and oxygen atoms in total. The van der Waals surface area contributed by atoms with E-state index in [1.807, 2.05) is 0 Å². The van der Waals surface area contributed by atoms with Crippen molar-refractivity contribution in [2.45, 2.75) is 19.6 Å². The van der Waals surface area contributed by atoms with E-state index in [9.17, 15) is 0 Å². The minimum absolute atomic E-state index is 0.616. The van der Waals surface area contributed by atoms with Crippen LogP contribution in [0.4, 0.5) is 0 Å². The van der Waals surface area contributed by atoms with Gasteiger partial charge in [-0.1, -0.05) is 15.9 Å². The standard InChI is InChI=1S/C11H25BrO4Si/c1-17(2,3)16-11-10-15-9-8-14-7-6-13-5-4-12/h4-11H2,1-3H3. The van der Waals surface area contributed by atoms with Gasteiger partial charge in [0, 0.05) is 5.33 Å². The maximum atomic E-state index is 5.65. The van der Waals surface area contributed by atoms with E-state index < -0.39 is 8.32 Å². The summed E-state index contributed by atoms with van der Waals surface area (Å²) >= 11 is 3.29. The molecule has 0 rings (SSSR count). The first-order valence-corrected chi connectivity index (χ1v) is 10.5. The number of alkyl halides is 1. The zero-order chi connectivity index (χ0) is 13.0. The van der Waals surface area contributed by atoms with Crippen molar-refractivity contribution in [1.82, 2.24) is 0 Å². The van der Waals surface area contributed by atoms with Crippen LogP contribution in [0.3, 0.4) is 0 Å². The van der Waals surface area contributed by atoms with Crippen molar-refractivity contribution in [3.63, 3.8) is 0 Å². The van der Waals surface area contributed by atoms with E-state index in [2.05, 4.69) is 35.6 Å². The van der Waals surface area contributed by atoms with Gasteiger partial charge in [0.1, 0.15) is 0 Å². The third-order valence-electron chi connectivity index (χ3n) is 1.73. The van der Waals surface area contributed by atoms with E-state index in [-0.39, 0.29) is 0 Å². The molecule has 0 atom stereocenters. The summed E-state index contributed by atoms with van der Waals surface area (Å²) in [4.78, 5) is 0. The molecule has 0 amide bonds. The first-order valence-electron chi connectivity index (χ1n) is 5.99. The van der Waals surface area contributed by atoms with Gasteiger partial charge in [-0.3, -0.25) is 0 Å². The summed E-state index contributed by atoms with van der Waals surface area (Å²) < 4.78 is 21.6. The van der Waals surface area contributed by atoms with Gasteiger partial charge < -0.3 is 18.6 Å². The highest BCUT2D eigenvalue weighted by molar-refractivity contribution is 9.09. The number of halogens is 1. The first-order chi connectivity index (χ1) is 8.06. The molecule has 0 saturated heterocycles. The van der Waals surface area contributed by atoms with Gasteiger partial charge >= 0.3 is 0 Å². The SMILES string of the molecule is C[Si](C)(C)OCCOCCOCCOCCBr. The first kappa shape index (κ1) is 17.5. The Kier molecular flexibility index (Phi) is 12.0. The van der Waals surface area contributed by atoms with Crippen LogP contribution in [0.2, 0.25) is 19.6 Å². The lowest BCUT2D eigenvalue weighted by molar-refractivity contribution is 0.0114. The lowest BCUT2D eigenvalue weighted by atomic mass is 10.7. The van der Waals surface area contributed by atoms with E-state index in [1.54, 1.807) is 0 Å². The van der Waals surface area contributed by atoms with Gasteiger partial charge in [0.05, 0.1) is 46.2 Å². The van der Waals surface area contributed by atoms with Crippen LogP contribution in [0.1, 0.15) is 0 Å².